The fraction of sp³-hybridized carbons (Fsp3) is 0.867. The van der Waals surface area contributed by atoms with Crippen molar-refractivity contribution in [2.24, 2.45) is 23.2 Å². The standard InChI is InChI=1S/C15H24O2/c1-11(2)15-6-4-3-5-13(15)12(10-15)9-14-16-7-8-17-14/h3,5,11-14H,4,6-10H2,1-2H3. The molecule has 2 fully saturated rings. The lowest BCUT2D eigenvalue weighted by molar-refractivity contribution is -0.121. The predicted molar refractivity (Wildman–Crippen MR) is 67.6 cm³/mol. The van der Waals surface area contributed by atoms with E-state index < -0.39 is 0 Å². The maximum Gasteiger partial charge on any atom is 0.158 e. The van der Waals surface area contributed by atoms with Crippen molar-refractivity contribution < 1.29 is 9.47 Å². The van der Waals surface area contributed by atoms with Crippen LogP contribution in [0.3, 0.4) is 0 Å². The summed E-state index contributed by atoms with van der Waals surface area (Å²) in [5, 5.41) is 0. The Hall–Kier alpha value is -0.340. The predicted octanol–water partition coefficient (Wildman–Crippen LogP) is 3.38. The molecule has 1 heterocycles. The Morgan fingerprint density at radius 2 is 2.06 bits per heavy atom. The molecule has 96 valence electrons. The van der Waals surface area contributed by atoms with Gasteiger partial charge < -0.3 is 9.47 Å². The minimum absolute atomic E-state index is 0.0838. The van der Waals surface area contributed by atoms with Crippen LogP contribution in [0.25, 0.3) is 0 Å². The number of hydrogen-bond acceptors (Lipinski definition) is 2. The zero-order valence-electron chi connectivity index (χ0n) is 11.0. The second-order valence-corrected chi connectivity index (χ2v) is 6.25. The van der Waals surface area contributed by atoms with E-state index >= 15 is 0 Å². The molecule has 0 aromatic heterocycles. The number of allylic oxidation sites excluding steroid dienone is 2. The lowest BCUT2D eigenvalue weighted by atomic mass is 9.46. The SMILES string of the molecule is CC(C)C12CCC=CC1C(CC1OCCO1)C2. The molecule has 0 amide bonds. The summed E-state index contributed by atoms with van der Waals surface area (Å²) in [4.78, 5) is 0. The first-order chi connectivity index (χ1) is 8.22. The second-order valence-electron chi connectivity index (χ2n) is 6.25. The zero-order chi connectivity index (χ0) is 11.9. The molecule has 0 aromatic rings. The fourth-order valence-electron chi connectivity index (χ4n) is 4.20. The van der Waals surface area contributed by atoms with Crippen LogP contribution in [0.2, 0.25) is 0 Å². The summed E-state index contributed by atoms with van der Waals surface area (Å²) in [5.41, 5.74) is 0.595. The molecule has 2 nitrogen and oxygen atoms in total. The zero-order valence-corrected chi connectivity index (χ0v) is 11.0. The van der Waals surface area contributed by atoms with Crippen LogP contribution in [0, 0.1) is 23.2 Å². The lowest BCUT2D eigenvalue weighted by Crippen LogP contribution is -2.52. The minimum atomic E-state index is 0.0838. The summed E-state index contributed by atoms with van der Waals surface area (Å²) in [6.45, 7) is 6.36. The van der Waals surface area contributed by atoms with Gasteiger partial charge in [-0.1, -0.05) is 26.0 Å². The smallest absolute Gasteiger partial charge is 0.158 e. The van der Waals surface area contributed by atoms with Crippen LogP contribution in [0.1, 0.15) is 39.5 Å². The average molecular weight is 236 g/mol. The summed E-state index contributed by atoms with van der Waals surface area (Å²) < 4.78 is 11.2. The highest BCUT2D eigenvalue weighted by Gasteiger charge is 2.54. The van der Waals surface area contributed by atoms with Crippen LogP contribution >= 0.6 is 0 Å². The number of fused-ring (bicyclic) bond motifs is 1. The molecular formula is C15H24O2. The van der Waals surface area contributed by atoms with Crippen molar-refractivity contribution in [3.63, 3.8) is 0 Å². The van der Waals surface area contributed by atoms with Crippen molar-refractivity contribution in [2.75, 3.05) is 13.2 Å². The molecule has 1 saturated heterocycles. The summed E-state index contributed by atoms with van der Waals surface area (Å²) in [6.07, 6.45) is 10.1. The van der Waals surface area contributed by atoms with E-state index in [9.17, 15) is 0 Å². The topological polar surface area (TPSA) is 18.5 Å². The molecule has 0 spiro atoms. The summed E-state index contributed by atoms with van der Waals surface area (Å²) in [6, 6.07) is 0. The van der Waals surface area contributed by atoms with E-state index in [4.69, 9.17) is 9.47 Å². The molecule has 0 aromatic carbocycles. The van der Waals surface area contributed by atoms with Crippen molar-refractivity contribution in [3.05, 3.63) is 12.2 Å². The molecule has 0 bridgehead atoms. The number of hydrogen-bond donors (Lipinski definition) is 0. The van der Waals surface area contributed by atoms with Gasteiger partial charge in [-0.3, -0.25) is 0 Å². The maximum absolute atomic E-state index is 5.59. The highest BCUT2D eigenvalue weighted by molar-refractivity contribution is 5.14. The van der Waals surface area contributed by atoms with Crippen molar-refractivity contribution in [3.8, 4) is 0 Å². The van der Waals surface area contributed by atoms with Gasteiger partial charge in [0.2, 0.25) is 0 Å². The first kappa shape index (κ1) is 11.7. The van der Waals surface area contributed by atoms with Crippen LogP contribution in [-0.2, 0) is 9.47 Å². The Labute approximate surface area is 104 Å². The van der Waals surface area contributed by atoms with Gasteiger partial charge in [-0.15, -0.1) is 0 Å². The van der Waals surface area contributed by atoms with E-state index in [-0.39, 0.29) is 6.29 Å². The quantitative estimate of drug-likeness (QED) is 0.699. The average Bonchev–Trinajstić information content (AvgIpc) is 2.78. The molecule has 3 unspecified atom stereocenters. The van der Waals surface area contributed by atoms with Gasteiger partial charge in [-0.25, -0.2) is 0 Å². The van der Waals surface area contributed by atoms with Gasteiger partial charge >= 0.3 is 0 Å². The molecule has 0 radical (unpaired) electrons. The molecule has 1 aliphatic heterocycles. The first-order valence-electron chi connectivity index (χ1n) is 7.12. The van der Waals surface area contributed by atoms with Gasteiger partial charge in [0.1, 0.15) is 0 Å². The van der Waals surface area contributed by atoms with E-state index in [1.54, 1.807) is 0 Å². The lowest BCUT2D eigenvalue weighted by Gasteiger charge is -2.59. The number of ether oxygens (including phenoxy) is 2. The monoisotopic (exact) mass is 236 g/mol. The molecular weight excluding hydrogens is 212 g/mol. The van der Waals surface area contributed by atoms with Crippen LogP contribution in [0.5, 0.6) is 0 Å². The van der Waals surface area contributed by atoms with Crippen molar-refractivity contribution >= 4 is 0 Å². The minimum Gasteiger partial charge on any atom is -0.350 e. The fourth-order valence-corrected chi connectivity index (χ4v) is 4.20. The van der Waals surface area contributed by atoms with Crippen molar-refractivity contribution in [2.45, 2.75) is 45.8 Å². The molecule has 1 saturated carbocycles. The van der Waals surface area contributed by atoms with Gasteiger partial charge in [-0.05, 0) is 42.4 Å². The Morgan fingerprint density at radius 1 is 1.29 bits per heavy atom. The Bertz CT molecular complexity index is 304. The molecule has 3 atom stereocenters. The van der Waals surface area contributed by atoms with Crippen molar-refractivity contribution in [1.82, 2.24) is 0 Å². The summed E-state index contributed by atoms with van der Waals surface area (Å²) in [7, 11) is 0. The van der Waals surface area contributed by atoms with Gasteiger partial charge in [0.15, 0.2) is 6.29 Å². The van der Waals surface area contributed by atoms with Gasteiger partial charge in [0, 0.05) is 6.42 Å². The van der Waals surface area contributed by atoms with E-state index in [2.05, 4.69) is 26.0 Å². The van der Waals surface area contributed by atoms with E-state index in [0.717, 1.165) is 37.4 Å². The first-order valence-corrected chi connectivity index (χ1v) is 7.12. The van der Waals surface area contributed by atoms with Crippen LogP contribution in [0.4, 0.5) is 0 Å². The third kappa shape index (κ3) is 1.86. The van der Waals surface area contributed by atoms with Crippen LogP contribution < -0.4 is 0 Å². The maximum atomic E-state index is 5.59. The molecule has 3 aliphatic rings. The molecule has 2 heteroatoms. The summed E-state index contributed by atoms with van der Waals surface area (Å²) >= 11 is 0. The highest BCUT2D eigenvalue weighted by atomic mass is 16.7. The van der Waals surface area contributed by atoms with Gasteiger partial charge in [0.25, 0.3) is 0 Å². The van der Waals surface area contributed by atoms with Crippen LogP contribution in [-0.4, -0.2) is 19.5 Å². The van der Waals surface area contributed by atoms with Gasteiger partial charge in [0.05, 0.1) is 13.2 Å². The van der Waals surface area contributed by atoms with E-state index in [1.165, 1.54) is 19.3 Å². The Balaban J connectivity index is 1.66. The third-order valence-corrected chi connectivity index (χ3v) is 5.27. The molecule has 2 aliphatic carbocycles. The second kappa shape index (κ2) is 4.40. The molecule has 3 rings (SSSR count). The highest BCUT2D eigenvalue weighted by Crippen LogP contribution is 2.62. The largest absolute Gasteiger partial charge is 0.350 e. The Kier molecular flexibility index (Phi) is 3.04. The molecule has 0 N–H and O–H groups in total. The third-order valence-electron chi connectivity index (χ3n) is 5.27. The number of rotatable bonds is 3. The van der Waals surface area contributed by atoms with Crippen LogP contribution in [0.15, 0.2) is 12.2 Å². The van der Waals surface area contributed by atoms with E-state index in [0.29, 0.717) is 5.41 Å². The normalized spacial score (nSPS) is 41.6. The van der Waals surface area contributed by atoms with E-state index in [1.807, 2.05) is 0 Å². The Morgan fingerprint density at radius 3 is 2.76 bits per heavy atom. The van der Waals surface area contributed by atoms with Gasteiger partial charge in [-0.2, -0.15) is 0 Å². The molecule has 17 heavy (non-hydrogen) atoms. The van der Waals surface area contributed by atoms with Crippen molar-refractivity contribution in [1.29, 1.82) is 0 Å². The summed E-state index contributed by atoms with van der Waals surface area (Å²) in [5.74, 6) is 2.38.